The van der Waals surface area contributed by atoms with Crippen molar-refractivity contribution in [3.05, 3.63) is 58.1 Å². The van der Waals surface area contributed by atoms with Gasteiger partial charge in [-0.15, -0.1) is 0 Å². The molecule has 0 spiro atoms. The molecule has 0 amide bonds. The number of hydrogen-bond donors (Lipinski definition) is 0. The molecule has 4 heteroatoms. The van der Waals surface area contributed by atoms with Gasteiger partial charge in [-0.3, -0.25) is 0 Å². The minimum atomic E-state index is 0.439. The first-order valence-corrected chi connectivity index (χ1v) is 7.07. The number of nitriles is 1. The van der Waals surface area contributed by atoms with Crippen molar-refractivity contribution >= 4 is 23.3 Å². The van der Waals surface area contributed by atoms with Gasteiger partial charge in [0.25, 0.3) is 0 Å². The monoisotopic (exact) mass is 313 g/mol. The number of allylic oxidation sites excluding steroid dienone is 1. The normalized spacial score (nSPS) is 11.0. The van der Waals surface area contributed by atoms with E-state index in [-0.39, 0.29) is 0 Å². The third-order valence-electron chi connectivity index (χ3n) is 3.25. The summed E-state index contributed by atoms with van der Waals surface area (Å²) in [5, 5.41) is 9.84. The van der Waals surface area contributed by atoms with Crippen molar-refractivity contribution in [1.82, 2.24) is 0 Å². The average molecular weight is 314 g/mol. The van der Waals surface area contributed by atoms with Crippen molar-refractivity contribution < 1.29 is 9.47 Å². The van der Waals surface area contributed by atoms with Gasteiger partial charge in [-0.25, -0.2) is 0 Å². The Morgan fingerprint density at radius 2 is 1.82 bits per heavy atom. The van der Waals surface area contributed by atoms with Gasteiger partial charge in [-0.05, 0) is 36.3 Å². The van der Waals surface area contributed by atoms with E-state index in [9.17, 15) is 5.26 Å². The minimum absolute atomic E-state index is 0.439. The summed E-state index contributed by atoms with van der Waals surface area (Å²) in [5.41, 5.74) is 3.34. The highest BCUT2D eigenvalue weighted by molar-refractivity contribution is 6.32. The predicted octanol–water partition coefficient (Wildman–Crippen LogP) is 4.73. The Balaban J connectivity index is 2.48. The van der Waals surface area contributed by atoms with Gasteiger partial charge >= 0.3 is 0 Å². The van der Waals surface area contributed by atoms with E-state index in [1.54, 1.807) is 25.3 Å². The second-order valence-electron chi connectivity index (χ2n) is 4.77. The van der Waals surface area contributed by atoms with Crippen LogP contribution in [0.1, 0.15) is 16.7 Å². The summed E-state index contributed by atoms with van der Waals surface area (Å²) in [5.74, 6) is 1.01. The molecule has 2 aromatic rings. The second-order valence-corrected chi connectivity index (χ2v) is 5.18. The van der Waals surface area contributed by atoms with Crippen LogP contribution in [-0.4, -0.2) is 14.2 Å². The number of hydrogen-bond acceptors (Lipinski definition) is 3. The third-order valence-corrected chi connectivity index (χ3v) is 3.53. The molecule has 2 rings (SSSR count). The average Bonchev–Trinajstić information content (AvgIpc) is 2.53. The van der Waals surface area contributed by atoms with Crippen LogP contribution in [0.5, 0.6) is 11.5 Å². The minimum Gasteiger partial charge on any atom is -0.493 e. The van der Waals surface area contributed by atoms with Crippen LogP contribution in [0.15, 0.2) is 36.4 Å². The van der Waals surface area contributed by atoms with Crippen molar-refractivity contribution in [2.45, 2.75) is 6.92 Å². The Hall–Kier alpha value is -2.44. The summed E-state index contributed by atoms with van der Waals surface area (Å²) >= 11 is 6.19. The van der Waals surface area contributed by atoms with Gasteiger partial charge in [0.15, 0.2) is 11.5 Å². The van der Waals surface area contributed by atoms with Crippen LogP contribution in [0.2, 0.25) is 5.02 Å². The molecule has 0 aromatic heterocycles. The van der Waals surface area contributed by atoms with Crippen LogP contribution >= 0.6 is 11.6 Å². The molecule has 0 fully saturated rings. The molecule has 112 valence electrons. The van der Waals surface area contributed by atoms with Crippen LogP contribution in [-0.2, 0) is 0 Å². The molecule has 3 nitrogen and oxygen atoms in total. The Kier molecular flexibility index (Phi) is 5.08. The highest BCUT2D eigenvalue weighted by atomic mass is 35.5. The molecule has 0 aliphatic rings. The van der Waals surface area contributed by atoms with Crippen LogP contribution in [0.4, 0.5) is 0 Å². The Labute approximate surface area is 135 Å². The van der Waals surface area contributed by atoms with E-state index in [4.69, 9.17) is 21.1 Å². The summed E-state index contributed by atoms with van der Waals surface area (Å²) in [6, 6.07) is 13.5. The fourth-order valence-electron chi connectivity index (χ4n) is 2.10. The number of nitrogens with zero attached hydrogens (tertiary/aromatic N) is 1. The molecule has 0 aliphatic carbocycles. The zero-order valence-corrected chi connectivity index (χ0v) is 13.4. The highest BCUT2D eigenvalue weighted by Crippen LogP contribution is 2.37. The van der Waals surface area contributed by atoms with E-state index in [0.717, 1.165) is 16.7 Å². The standard InChI is InChI=1S/C18H16ClNO2/c1-12-4-6-14(7-5-12)15(11-20)8-13-9-16(19)18(22-3)17(10-13)21-2/h4-10H,1-3H3/b15-8+. The SMILES string of the molecule is COc1cc(/C=C(\C#N)c2ccc(C)cc2)cc(Cl)c1OC. The molecule has 0 saturated heterocycles. The zero-order valence-electron chi connectivity index (χ0n) is 12.7. The van der Waals surface area contributed by atoms with Crippen molar-refractivity contribution in [3.63, 3.8) is 0 Å². The number of ether oxygens (including phenoxy) is 2. The van der Waals surface area contributed by atoms with E-state index >= 15 is 0 Å². The fraction of sp³-hybridized carbons (Fsp3) is 0.167. The van der Waals surface area contributed by atoms with Gasteiger partial charge < -0.3 is 9.47 Å². The molecule has 0 saturated carbocycles. The number of aryl methyl sites for hydroxylation is 1. The lowest BCUT2D eigenvalue weighted by Crippen LogP contribution is -1.92. The maximum Gasteiger partial charge on any atom is 0.179 e. The summed E-state index contributed by atoms with van der Waals surface area (Å²) in [4.78, 5) is 0. The zero-order chi connectivity index (χ0) is 16.1. The lowest BCUT2D eigenvalue weighted by atomic mass is 10.0. The molecular weight excluding hydrogens is 298 g/mol. The molecule has 0 bridgehead atoms. The lowest BCUT2D eigenvalue weighted by Gasteiger charge is -2.10. The molecule has 0 N–H and O–H groups in total. The molecule has 0 aliphatic heterocycles. The first-order valence-electron chi connectivity index (χ1n) is 6.69. The van der Waals surface area contributed by atoms with Crippen molar-refractivity contribution in [2.75, 3.05) is 14.2 Å². The largest absolute Gasteiger partial charge is 0.493 e. The molecule has 0 atom stereocenters. The van der Waals surface area contributed by atoms with Gasteiger partial charge in [-0.1, -0.05) is 41.4 Å². The quantitative estimate of drug-likeness (QED) is 0.605. The lowest BCUT2D eigenvalue weighted by molar-refractivity contribution is 0.355. The summed E-state index contributed by atoms with van der Waals surface area (Å²) in [7, 11) is 3.08. The topological polar surface area (TPSA) is 42.2 Å². The van der Waals surface area contributed by atoms with E-state index in [1.807, 2.05) is 31.2 Å². The maximum absolute atomic E-state index is 9.40. The van der Waals surface area contributed by atoms with Gasteiger partial charge in [0.2, 0.25) is 0 Å². The van der Waals surface area contributed by atoms with Crippen LogP contribution < -0.4 is 9.47 Å². The van der Waals surface area contributed by atoms with E-state index < -0.39 is 0 Å². The second kappa shape index (κ2) is 7.02. The molecular formula is C18H16ClNO2. The van der Waals surface area contributed by atoms with Gasteiger partial charge in [0, 0.05) is 0 Å². The van der Waals surface area contributed by atoms with Gasteiger partial charge in [0.05, 0.1) is 30.9 Å². The number of benzene rings is 2. The van der Waals surface area contributed by atoms with Crippen molar-refractivity contribution in [1.29, 1.82) is 5.26 Å². The molecule has 2 aromatic carbocycles. The first kappa shape index (κ1) is 15.9. The summed E-state index contributed by atoms with van der Waals surface area (Å²) in [6.45, 7) is 2.01. The number of halogens is 1. The molecule has 0 heterocycles. The smallest absolute Gasteiger partial charge is 0.179 e. The first-order chi connectivity index (χ1) is 10.6. The Morgan fingerprint density at radius 3 is 2.36 bits per heavy atom. The third kappa shape index (κ3) is 3.41. The number of methoxy groups -OCH3 is 2. The Morgan fingerprint density at radius 1 is 1.14 bits per heavy atom. The Bertz CT molecular complexity index is 743. The summed E-state index contributed by atoms with van der Waals surface area (Å²) < 4.78 is 10.5. The van der Waals surface area contributed by atoms with Crippen molar-refractivity contribution in [3.8, 4) is 17.6 Å². The summed E-state index contributed by atoms with van der Waals surface area (Å²) in [6.07, 6.45) is 1.78. The van der Waals surface area contributed by atoms with Gasteiger partial charge in [-0.2, -0.15) is 5.26 Å². The number of rotatable bonds is 4. The van der Waals surface area contributed by atoms with Crippen LogP contribution in [0, 0.1) is 18.3 Å². The molecule has 0 radical (unpaired) electrons. The van der Waals surface area contributed by atoms with Gasteiger partial charge in [0.1, 0.15) is 0 Å². The fourth-order valence-corrected chi connectivity index (χ4v) is 2.40. The van der Waals surface area contributed by atoms with Crippen molar-refractivity contribution in [2.24, 2.45) is 0 Å². The van der Waals surface area contributed by atoms with E-state index in [0.29, 0.717) is 22.1 Å². The molecule has 22 heavy (non-hydrogen) atoms. The molecule has 0 unspecified atom stereocenters. The van der Waals surface area contributed by atoms with E-state index in [2.05, 4.69) is 6.07 Å². The maximum atomic E-state index is 9.40. The van der Waals surface area contributed by atoms with Crippen LogP contribution in [0.25, 0.3) is 11.6 Å². The highest BCUT2D eigenvalue weighted by Gasteiger charge is 2.11. The van der Waals surface area contributed by atoms with Crippen LogP contribution in [0.3, 0.4) is 0 Å². The predicted molar refractivity (Wildman–Crippen MR) is 89.2 cm³/mol. The van der Waals surface area contributed by atoms with E-state index in [1.165, 1.54) is 7.11 Å².